The zero-order chi connectivity index (χ0) is 16.2. The lowest BCUT2D eigenvalue weighted by atomic mass is 9.94. The first-order valence-corrected chi connectivity index (χ1v) is 9.18. The highest BCUT2D eigenvalue weighted by Gasteiger charge is 2.24. The van der Waals surface area contributed by atoms with Gasteiger partial charge in [0.1, 0.15) is 0 Å². The van der Waals surface area contributed by atoms with Crippen molar-refractivity contribution in [1.29, 1.82) is 0 Å². The molecule has 7 heteroatoms. The van der Waals surface area contributed by atoms with Crippen molar-refractivity contribution >= 4 is 22.5 Å². The fraction of sp³-hybridized carbons (Fsp3) is 0.375. The monoisotopic (exact) mass is 332 g/mol. The van der Waals surface area contributed by atoms with Gasteiger partial charge in [0.15, 0.2) is 0 Å². The molecule has 0 aliphatic carbocycles. The van der Waals surface area contributed by atoms with E-state index in [0.717, 1.165) is 42.2 Å². The summed E-state index contributed by atoms with van der Waals surface area (Å²) in [6.45, 7) is 1.46. The molecule has 0 bridgehead atoms. The van der Waals surface area contributed by atoms with E-state index in [1.807, 2.05) is 11.0 Å². The molecule has 1 aliphatic rings. The number of nitrogens with zero attached hydrogens (tertiary/aromatic N) is 2. The highest BCUT2D eigenvalue weighted by Crippen LogP contribution is 2.26. The van der Waals surface area contributed by atoms with E-state index < -0.39 is 10.8 Å². The number of rotatable bonds is 3. The molecule has 1 saturated heterocycles. The van der Waals surface area contributed by atoms with E-state index in [-0.39, 0.29) is 6.03 Å². The maximum atomic E-state index is 12.3. The summed E-state index contributed by atoms with van der Waals surface area (Å²) >= 11 is 0. The lowest BCUT2D eigenvalue weighted by molar-refractivity contribution is 0.194. The number of amides is 2. The Morgan fingerprint density at radius 2 is 1.96 bits per heavy atom. The van der Waals surface area contributed by atoms with Crippen LogP contribution in [0.15, 0.2) is 41.4 Å². The van der Waals surface area contributed by atoms with Gasteiger partial charge in [0.25, 0.3) is 0 Å². The second kappa shape index (κ2) is 6.95. The molecule has 3 rings (SSSR count). The number of benzene rings is 1. The maximum absolute atomic E-state index is 12.3. The first-order valence-electron chi connectivity index (χ1n) is 7.62. The van der Waals surface area contributed by atoms with E-state index in [4.69, 9.17) is 0 Å². The van der Waals surface area contributed by atoms with E-state index in [1.54, 1.807) is 36.7 Å². The largest absolute Gasteiger partial charge is 0.324 e. The zero-order valence-corrected chi connectivity index (χ0v) is 13.8. The molecular formula is C16H20N4O2S. The molecule has 1 aromatic carbocycles. The molecule has 2 aromatic rings. The first-order chi connectivity index (χ1) is 11.1. The van der Waals surface area contributed by atoms with E-state index in [1.165, 1.54) is 0 Å². The van der Waals surface area contributed by atoms with Gasteiger partial charge in [0, 0.05) is 58.5 Å². The van der Waals surface area contributed by atoms with Gasteiger partial charge in [0.05, 0.1) is 0 Å². The van der Waals surface area contributed by atoms with Gasteiger partial charge in [-0.3, -0.25) is 9.31 Å². The number of urea groups is 1. The summed E-state index contributed by atoms with van der Waals surface area (Å²) in [5.41, 5.74) is 1.87. The van der Waals surface area contributed by atoms with E-state index in [9.17, 15) is 9.00 Å². The van der Waals surface area contributed by atoms with Crippen LogP contribution in [0.25, 0.3) is 0 Å². The summed E-state index contributed by atoms with van der Waals surface area (Å²) in [5, 5.41) is 9.89. The van der Waals surface area contributed by atoms with Gasteiger partial charge in [-0.25, -0.2) is 4.79 Å². The van der Waals surface area contributed by atoms with Crippen LogP contribution in [0.5, 0.6) is 0 Å². The Hall–Kier alpha value is -2.15. The third-order valence-corrected chi connectivity index (χ3v) is 5.12. The quantitative estimate of drug-likeness (QED) is 0.907. The second-order valence-electron chi connectivity index (χ2n) is 5.68. The van der Waals surface area contributed by atoms with Crippen LogP contribution >= 0.6 is 0 Å². The van der Waals surface area contributed by atoms with Crippen molar-refractivity contribution in [3.63, 3.8) is 0 Å². The van der Waals surface area contributed by atoms with Crippen molar-refractivity contribution in [2.75, 3.05) is 24.7 Å². The Morgan fingerprint density at radius 1 is 1.26 bits per heavy atom. The fourth-order valence-corrected chi connectivity index (χ4v) is 3.34. The molecule has 2 heterocycles. The summed E-state index contributed by atoms with van der Waals surface area (Å²) in [7, 11) is -1.00. The number of carbonyl (C=O) groups is 1. The number of H-pyrrole nitrogens is 1. The number of hydrogen-bond donors (Lipinski definition) is 2. The van der Waals surface area contributed by atoms with Crippen LogP contribution in [-0.4, -0.2) is 44.7 Å². The zero-order valence-electron chi connectivity index (χ0n) is 13.0. The highest BCUT2D eigenvalue weighted by molar-refractivity contribution is 7.84. The number of carbonyl (C=O) groups excluding carboxylic acids is 1. The van der Waals surface area contributed by atoms with Gasteiger partial charge in [-0.15, -0.1) is 0 Å². The third kappa shape index (κ3) is 3.79. The molecular weight excluding hydrogens is 312 g/mol. The van der Waals surface area contributed by atoms with Crippen LogP contribution in [0, 0.1) is 0 Å². The first kappa shape index (κ1) is 15.7. The van der Waals surface area contributed by atoms with Crippen LogP contribution in [-0.2, 0) is 10.8 Å². The summed E-state index contributed by atoms with van der Waals surface area (Å²) < 4.78 is 11.4. The lowest BCUT2D eigenvalue weighted by Gasteiger charge is -2.31. The van der Waals surface area contributed by atoms with Crippen LogP contribution < -0.4 is 5.32 Å². The minimum absolute atomic E-state index is 0.0848. The van der Waals surface area contributed by atoms with Crippen molar-refractivity contribution < 1.29 is 9.00 Å². The summed E-state index contributed by atoms with van der Waals surface area (Å²) in [5.74, 6) is 0.445. The minimum atomic E-state index is -1.00. The van der Waals surface area contributed by atoms with Gasteiger partial charge >= 0.3 is 6.03 Å². The van der Waals surface area contributed by atoms with Crippen molar-refractivity contribution in [3.05, 3.63) is 42.2 Å². The molecule has 2 N–H and O–H groups in total. The Labute approximate surface area is 137 Å². The van der Waals surface area contributed by atoms with Crippen molar-refractivity contribution in [3.8, 4) is 0 Å². The Kier molecular flexibility index (Phi) is 4.76. The molecule has 1 aliphatic heterocycles. The molecule has 23 heavy (non-hydrogen) atoms. The van der Waals surface area contributed by atoms with E-state index >= 15 is 0 Å². The van der Waals surface area contributed by atoms with Crippen molar-refractivity contribution in [1.82, 2.24) is 15.1 Å². The molecule has 1 aromatic heterocycles. The average molecular weight is 332 g/mol. The highest BCUT2D eigenvalue weighted by atomic mass is 32.2. The summed E-state index contributed by atoms with van der Waals surface area (Å²) in [6.07, 6.45) is 5.27. The summed E-state index contributed by atoms with van der Waals surface area (Å²) in [4.78, 5) is 14.9. The van der Waals surface area contributed by atoms with Gasteiger partial charge in [-0.2, -0.15) is 5.10 Å². The topological polar surface area (TPSA) is 78.1 Å². The second-order valence-corrected chi connectivity index (χ2v) is 7.06. The molecule has 2 amide bonds. The average Bonchev–Trinajstić information content (AvgIpc) is 3.10. The standard InChI is InChI=1S/C16H20N4O2S/c1-23(22)14-4-2-13(3-5-14)18-16(21)20-10-7-12(8-11-20)15-6-9-17-19-15/h2-6,9,12H,7-8,10-11H2,1H3,(H,17,19)(H,18,21). The summed E-state index contributed by atoms with van der Waals surface area (Å²) in [6, 6.07) is 9.03. The van der Waals surface area contributed by atoms with Gasteiger partial charge in [0.2, 0.25) is 0 Å². The number of likely N-dealkylation sites (tertiary alicyclic amines) is 1. The number of piperidine rings is 1. The number of aromatic amines is 1. The molecule has 1 unspecified atom stereocenters. The smallest absolute Gasteiger partial charge is 0.321 e. The van der Waals surface area contributed by atoms with E-state index in [0.29, 0.717) is 5.92 Å². The van der Waals surface area contributed by atoms with Crippen LogP contribution in [0.1, 0.15) is 24.5 Å². The third-order valence-electron chi connectivity index (χ3n) is 4.18. The molecule has 6 nitrogen and oxygen atoms in total. The lowest BCUT2D eigenvalue weighted by Crippen LogP contribution is -2.40. The fourth-order valence-electron chi connectivity index (χ4n) is 2.82. The molecule has 1 atom stereocenters. The minimum Gasteiger partial charge on any atom is -0.324 e. The Balaban J connectivity index is 1.54. The van der Waals surface area contributed by atoms with Crippen molar-refractivity contribution in [2.45, 2.75) is 23.7 Å². The van der Waals surface area contributed by atoms with Crippen LogP contribution in [0.4, 0.5) is 10.5 Å². The maximum Gasteiger partial charge on any atom is 0.321 e. The molecule has 0 radical (unpaired) electrons. The van der Waals surface area contributed by atoms with Gasteiger partial charge in [-0.1, -0.05) is 0 Å². The number of nitrogens with one attached hydrogen (secondary N) is 2. The Morgan fingerprint density at radius 3 is 2.52 bits per heavy atom. The normalized spacial score (nSPS) is 17.0. The molecule has 0 spiro atoms. The predicted octanol–water partition coefficient (Wildman–Crippen LogP) is 2.56. The Bertz CT molecular complexity index is 677. The van der Waals surface area contributed by atoms with Crippen LogP contribution in [0.2, 0.25) is 0 Å². The molecule has 122 valence electrons. The van der Waals surface area contributed by atoms with Gasteiger partial charge in [-0.05, 0) is 43.2 Å². The van der Waals surface area contributed by atoms with Gasteiger partial charge < -0.3 is 10.2 Å². The number of anilines is 1. The SMILES string of the molecule is CS(=O)c1ccc(NC(=O)N2CCC(c3ccn[nH]3)CC2)cc1. The predicted molar refractivity (Wildman–Crippen MR) is 89.9 cm³/mol. The van der Waals surface area contributed by atoms with E-state index in [2.05, 4.69) is 15.5 Å². The van der Waals surface area contributed by atoms with Crippen LogP contribution in [0.3, 0.4) is 0 Å². The molecule has 0 saturated carbocycles. The van der Waals surface area contributed by atoms with Crippen molar-refractivity contribution in [2.24, 2.45) is 0 Å². The molecule has 1 fully saturated rings. The number of aromatic nitrogens is 2. The number of hydrogen-bond acceptors (Lipinski definition) is 3.